The lowest BCUT2D eigenvalue weighted by Crippen LogP contribution is -2.41. The molecule has 0 heterocycles. The third kappa shape index (κ3) is 2.99. The second-order valence-corrected chi connectivity index (χ2v) is 4.45. The number of urea groups is 1. The molecule has 16 heavy (non-hydrogen) atoms. The van der Waals surface area contributed by atoms with Gasteiger partial charge in [-0.3, -0.25) is 4.90 Å². The average Bonchev–Trinajstić information content (AvgIpc) is 2.15. The van der Waals surface area contributed by atoms with Crippen LogP contribution in [0.5, 0.6) is 0 Å². The van der Waals surface area contributed by atoms with Crippen LogP contribution in [-0.2, 0) is 0 Å². The van der Waals surface area contributed by atoms with Crippen LogP contribution in [0.4, 0.5) is 10.5 Å². The van der Waals surface area contributed by atoms with Gasteiger partial charge in [0.15, 0.2) is 0 Å². The Bertz CT molecular complexity index is 386. The van der Waals surface area contributed by atoms with Crippen LogP contribution in [0.1, 0.15) is 25.0 Å². The average molecular weight is 220 g/mol. The Hall–Kier alpha value is -1.51. The van der Waals surface area contributed by atoms with Crippen LogP contribution in [0.15, 0.2) is 18.2 Å². The van der Waals surface area contributed by atoms with Crippen molar-refractivity contribution in [1.82, 2.24) is 5.32 Å². The van der Waals surface area contributed by atoms with Gasteiger partial charge in [0.25, 0.3) is 0 Å². The normalized spacial score (nSPS) is 10.4. The number of hydrogen-bond acceptors (Lipinski definition) is 1. The fourth-order valence-corrected chi connectivity index (χ4v) is 1.63. The fourth-order valence-electron chi connectivity index (χ4n) is 1.63. The zero-order chi connectivity index (χ0) is 12.3. The van der Waals surface area contributed by atoms with Crippen LogP contribution >= 0.6 is 0 Å². The van der Waals surface area contributed by atoms with Crippen LogP contribution in [0.3, 0.4) is 0 Å². The molecule has 3 nitrogen and oxygen atoms in total. The summed E-state index contributed by atoms with van der Waals surface area (Å²) in [4.78, 5) is 13.5. The van der Waals surface area contributed by atoms with Crippen LogP contribution in [-0.4, -0.2) is 19.1 Å². The number of aryl methyl sites for hydroxylation is 2. The van der Waals surface area contributed by atoms with Crippen molar-refractivity contribution in [3.05, 3.63) is 29.3 Å². The lowest BCUT2D eigenvalue weighted by molar-refractivity contribution is 0.245. The molecule has 0 spiro atoms. The molecule has 0 saturated carbocycles. The van der Waals surface area contributed by atoms with E-state index in [1.807, 2.05) is 39.8 Å². The zero-order valence-electron chi connectivity index (χ0n) is 10.7. The number of benzene rings is 1. The molecular weight excluding hydrogens is 200 g/mol. The van der Waals surface area contributed by atoms with E-state index in [1.165, 1.54) is 5.56 Å². The molecule has 3 heteroatoms. The van der Waals surface area contributed by atoms with Crippen molar-refractivity contribution in [1.29, 1.82) is 0 Å². The summed E-state index contributed by atoms with van der Waals surface area (Å²) >= 11 is 0. The first kappa shape index (κ1) is 12.6. The van der Waals surface area contributed by atoms with Gasteiger partial charge in [0.05, 0.1) is 0 Å². The van der Waals surface area contributed by atoms with Crippen LogP contribution in [0.25, 0.3) is 0 Å². The summed E-state index contributed by atoms with van der Waals surface area (Å²) < 4.78 is 0. The number of carbonyl (C=O) groups is 1. The first-order valence-corrected chi connectivity index (χ1v) is 5.53. The summed E-state index contributed by atoms with van der Waals surface area (Å²) in [5, 5.41) is 2.87. The molecule has 1 N–H and O–H groups in total. The third-order valence-corrected chi connectivity index (χ3v) is 2.43. The molecule has 88 valence electrons. The Morgan fingerprint density at radius 2 is 1.94 bits per heavy atom. The Labute approximate surface area is 97.5 Å². The first-order chi connectivity index (χ1) is 7.41. The molecule has 1 rings (SSSR count). The van der Waals surface area contributed by atoms with Crippen molar-refractivity contribution in [2.24, 2.45) is 0 Å². The first-order valence-electron chi connectivity index (χ1n) is 5.53. The number of nitrogens with zero attached hydrogens (tertiary/aromatic N) is 1. The van der Waals surface area contributed by atoms with Gasteiger partial charge in [-0.05, 0) is 39.3 Å². The van der Waals surface area contributed by atoms with Crippen molar-refractivity contribution in [3.8, 4) is 0 Å². The summed E-state index contributed by atoms with van der Waals surface area (Å²) in [6, 6.07) is 6.16. The fraction of sp³-hybridized carbons (Fsp3) is 0.462. The van der Waals surface area contributed by atoms with E-state index in [2.05, 4.69) is 11.4 Å². The topological polar surface area (TPSA) is 32.3 Å². The molecular formula is C13H20N2O. The number of carbonyl (C=O) groups excluding carboxylic acids is 1. The lowest BCUT2D eigenvalue weighted by Gasteiger charge is -2.21. The van der Waals surface area contributed by atoms with Crippen molar-refractivity contribution >= 4 is 11.7 Å². The number of hydrogen-bond donors (Lipinski definition) is 1. The quantitative estimate of drug-likeness (QED) is 0.816. The van der Waals surface area contributed by atoms with E-state index in [1.54, 1.807) is 11.9 Å². The summed E-state index contributed by atoms with van der Waals surface area (Å²) in [6.07, 6.45) is 0. The minimum absolute atomic E-state index is 0.0676. The van der Waals surface area contributed by atoms with Crippen molar-refractivity contribution in [3.63, 3.8) is 0 Å². The van der Waals surface area contributed by atoms with E-state index in [0.29, 0.717) is 0 Å². The highest BCUT2D eigenvalue weighted by atomic mass is 16.2. The van der Waals surface area contributed by atoms with Gasteiger partial charge in [-0.1, -0.05) is 17.7 Å². The molecule has 0 fully saturated rings. The molecule has 0 atom stereocenters. The molecule has 1 aromatic carbocycles. The van der Waals surface area contributed by atoms with E-state index in [-0.39, 0.29) is 12.1 Å². The maximum absolute atomic E-state index is 11.8. The SMILES string of the molecule is Cc1ccc(N(C)C(=O)NC(C)C)c(C)c1. The Kier molecular flexibility index (Phi) is 3.93. The number of amides is 2. The van der Waals surface area contributed by atoms with Gasteiger partial charge in [0.2, 0.25) is 0 Å². The van der Waals surface area contributed by atoms with Crippen LogP contribution in [0, 0.1) is 13.8 Å². The standard InChI is InChI=1S/C13H20N2O/c1-9(2)14-13(16)15(5)12-7-6-10(3)8-11(12)4/h6-9H,1-5H3,(H,14,16). The Morgan fingerprint density at radius 1 is 1.31 bits per heavy atom. The molecule has 0 aliphatic carbocycles. The van der Waals surface area contributed by atoms with Crippen LogP contribution in [0.2, 0.25) is 0 Å². The minimum atomic E-state index is -0.0676. The summed E-state index contributed by atoms with van der Waals surface area (Å²) in [6.45, 7) is 7.97. The van der Waals surface area contributed by atoms with Gasteiger partial charge in [-0.2, -0.15) is 0 Å². The van der Waals surface area contributed by atoms with Crippen LogP contribution < -0.4 is 10.2 Å². The number of rotatable bonds is 2. The highest BCUT2D eigenvalue weighted by Crippen LogP contribution is 2.19. The molecule has 0 aromatic heterocycles. The van der Waals surface area contributed by atoms with Crippen molar-refractivity contribution in [2.45, 2.75) is 33.7 Å². The maximum atomic E-state index is 11.8. The Balaban J connectivity index is 2.87. The molecule has 0 aliphatic rings. The predicted molar refractivity (Wildman–Crippen MR) is 68.0 cm³/mol. The second-order valence-electron chi connectivity index (χ2n) is 4.45. The Morgan fingerprint density at radius 3 is 2.44 bits per heavy atom. The van der Waals surface area contributed by atoms with E-state index in [9.17, 15) is 4.79 Å². The molecule has 0 radical (unpaired) electrons. The van der Waals surface area contributed by atoms with E-state index >= 15 is 0 Å². The summed E-state index contributed by atoms with van der Waals surface area (Å²) in [5.41, 5.74) is 3.27. The highest BCUT2D eigenvalue weighted by Gasteiger charge is 2.13. The molecule has 0 aliphatic heterocycles. The molecule has 0 unspecified atom stereocenters. The van der Waals surface area contributed by atoms with E-state index in [0.717, 1.165) is 11.3 Å². The van der Waals surface area contributed by atoms with Crippen molar-refractivity contribution in [2.75, 3.05) is 11.9 Å². The van der Waals surface area contributed by atoms with E-state index < -0.39 is 0 Å². The van der Waals surface area contributed by atoms with Gasteiger partial charge in [-0.25, -0.2) is 4.79 Å². The molecule has 0 saturated heterocycles. The van der Waals surface area contributed by atoms with Gasteiger partial charge in [-0.15, -0.1) is 0 Å². The van der Waals surface area contributed by atoms with Gasteiger partial charge in [0.1, 0.15) is 0 Å². The van der Waals surface area contributed by atoms with Gasteiger partial charge in [0, 0.05) is 18.8 Å². The summed E-state index contributed by atoms with van der Waals surface area (Å²) in [5.74, 6) is 0. The molecule has 0 bridgehead atoms. The van der Waals surface area contributed by atoms with Gasteiger partial charge < -0.3 is 5.32 Å². The smallest absolute Gasteiger partial charge is 0.321 e. The molecule has 1 aromatic rings. The maximum Gasteiger partial charge on any atom is 0.321 e. The highest BCUT2D eigenvalue weighted by molar-refractivity contribution is 5.92. The molecule has 2 amide bonds. The largest absolute Gasteiger partial charge is 0.336 e. The lowest BCUT2D eigenvalue weighted by atomic mass is 10.1. The van der Waals surface area contributed by atoms with Crippen molar-refractivity contribution < 1.29 is 4.79 Å². The number of nitrogens with one attached hydrogen (secondary N) is 1. The van der Waals surface area contributed by atoms with Gasteiger partial charge >= 0.3 is 6.03 Å². The van der Waals surface area contributed by atoms with E-state index in [4.69, 9.17) is 0 Å². The zero-order valence-corrected chi connectivity index (χ0v) is 10.7. The monoisotopic (exact) mass is 220 g/mol. The predicted octanol–water partition coefficient (Wildman–Crippen LogP) is 2.86. The summed E-state index contributed by atoms with van der Waals surface area (Å²) in [7, 11) is 1.79. The number of anilines is 1. The minimum Gasteiger partial charge on any atom is -0.336 e. The second kappa shape index (κ2) is 5.01. The third-order valence-electron chi connectivity index (χ3n) is 2.43.